The van der Waals surface area contributed by atoms with E-state index in [0.717, 1.165) is 19.3 Å². The normalized spacial score (nSPS) is 20.4. The fourth-order valence-corrected chi connectivity index (χ4v) is 3.07. The van der Waals surface area contributed by atoms with Gasteiger partial charge < -0.3 is 9.92 Å². The number of rotatable bonds is 3. The standard InChI is InChI=1S/C9H14F3NO4S/c10-9(11,12)8(14)17-18(15,16)7(13)6-4-2-1-3-5-6/h6-7H,1-5,13H2. The Hall–Kier alpha value is -0.830. The minimum atomic E-state index is -5.35. The quantitative estimate of drug-likeness (QED) is 0.791. The summed E-state index contributed by atoms with van der Waals surface area (Å²) in [5.74, 6) is -3.22. The minimum absolute atomic E-state index is 0.468. The number of hydrogen-bond acceptors (Lipinski definition) is 5. The second-order valence-electron chi connectivity index (χ2n) is 4.22. The van der Waals surface area contributed by atoms with Crippen molar-refractivity contribution in [3.05, 3.63) is 0 Å². The number of halogens is 3. The van der Waals surface area contributed by atoms with Gasteiger partial charge in [-0.2, -0.15) is 21.6 Å². The zero-order chi connectivity index (χ0) is 14.0. The van der Waals surface area contributed by atoms with Crippen LogP contribution in [0.25, 0.3) is 0 Å². The zero-order valence-corrected chi connectivity index (χ0v) is 10.3. The van der Waals surface area contributed by atoms with Gasteiger partial charge in [0.05, 0.1) is 0 Å². The lowest BCUT2D eigenvalue weighted by Crippen LogP contribution is -2.42. The molecule has 0 saturated heterocycles. The fourth-order valence-electron chi connectivity index (χ4n) is 1.91. The van der Waals surface area contributed by atoms with Gasteiger partial charge in [0.2, 0.25) is 0 Å². The molecule has 1 atom stereocenters. The Morgan fingerprint density at radius 3 is 2.17 bits per heavy atom. The van der Waals surface area contributed by atoms with Crippen LogP contribution in [0.15, 0.2) is 0 Å². The SMILES string of the molecule is NC(C1CCCCC1)S(=O)(=O)OC(=O)C(F)(F)F. The monoisotopic (exact) mass is 289 g/mol. The number of hydrogen-bond donors (Lipinski definition) is 1. The molecule has 1 aliphatic carbocycles. The van der Waals surface area contributed by atoms with Crippen molar-refractivity contribution in [1.29, 1.82) is 0 Å². The maximum atomic E-state index is 11.9. The number of nitrogens with two attached hydrogens (primary N) is 1. The van der Waals surface area contributed by atoms with E-state index in [9.17, 15) is 26.4 Å². The molecule has 0 aromatic heterocycles. The molecule has 0 bridgehead atoms. The van der Waals surface area contributed by atoms with E-state index in [1.807, 2.05) is 0 Å². The molecule has 0 amide bonds. The predicted octanol–water partition coefficient (Wildman–Crippen LogP) is 1.29. The average molecular weight is 289 g/mol. The molecular formula is C9H14F3NO4S. The van der Waals surface area contributed by atoms with Crippen LogP contribution in [0.4, 0.5) is 13.2 Å². The van der Waals surface area contributed by atoms with Crippen molar-refractivity contribution in [3.63, 3.8) is 0 Å². The van der Waals surface area contributed by atoms with Crippen LogP contribution < -0.4 is 5.73 Å². The molecule has 0 spiro atoms. The summed E-state index contributed by atoms with van der Waals surface area (Å²) in [5, 5.41) is -1.59. The highest BCUT2D eigenvalue weighted by Crippen LogP contribution is 2.29. The first-order chi connectivity index (χ1) is 8.14. The summed E-state index contributed by atoms with van der Waals surface area (Å²) in [6.45, 7) is 0. The number of alkyl halides is 3. The van der Waals surface area contributed by atoms with Gasteiger partial charge in [0.15, 0.2) is 0 Å². The Bertz CT molecular complexity index is 401. The number of carbonyl (C=O) groups is 1. The molecule has 1 saturated carbocycles. The first-order valence-electron chi connectivity index (χ1n) is 5.44. The molecule has 0 aromatic rings. The predicted molar refractivity (Wildman–Crippen MR) is 55.6 cm³/mol. The molecule has 18 heavy (non-hydrogen) atoms. The molecule has 1 rings (SSSR count). The van der Waals surface area contributed by atoms with Crippen LogP contribution >= 0.6 is 0 Å². The van der Waals surface area contributed by atoms with Crippen molar-refractivity contribution in [2.75, 3.05) is 0 Å². The largest absolute Gasteiger partial charge is 0.492 e. The molecule has 5 nitrogen and oxygen atoms in total. The van der Waals surface area contributed by atoms with Crippen molar-refractivity contribution in [1.82, 2.24) is 0 Å². The minimum Gasteiger partial charge on any atom is -0.337 e. The Balaban J connectivity index is 2.71. The van der Waals surface area contributed by atoms with E-state index in [1.165, 1.54) is 0 Å². The average Bonchev–Trinajstić information content (AvgIpc) is 2.27. The lowest BCUT2D eigenvalue weighted by molar-refractivity contribution is -0.189. The second kappa shape index (κ2) is 5.43. The van der Waals surface area contributed by atoms with Crippen molar-refractivity contribution in [3.8, 4) is 0 Å². The van der Waals surface area contributed by atoms with Gasteiger partial charge >= 0.3 is 22.3 Å². The van der Waals surface area contributed by atoms with Crippen molar-refractivity contribution < 1.29 is 30.6 Å². The van der Waals surface area contributed by atoms with E-state index >= 15 is 0 Å². The van der Waals surface area contributed by atoms with Gasteiger partial charge in [-0.1, -0.05) is 19.3 Å². The Labute approximate surface area is 103 Å². The molecule has 1 unspecified atom stereocenters. The summed E-state index contributed by atoms with van der Waals surface area (Å²) < 4.78 is 62.1. The van der Waals surface area contributed by atoms with Crippen molar-refractivity contribution >= 4 is 16.1 Å². The topological polar surface area (TPSA) is 86.5 Å². The van der Waals surface area contributed by atoms with Crippen LogP contribution in [0.3, 0.4) is 0 Å². The molecule has 106 valence electrons. The van der Waals surface area contributed by atoms with Crippen LogP contribution in [0.5, 0.6) is 0 Å². The Kier molecular flexibility index (Phi) is 4.60. The molecule has 0 radical (unpaired) electrons. The van der Waals surface area contributed by atoms with E-state index in [4.69, 9.17) is 5.73 Å². The van der Waals surface area contributed by atoms with Crippen LogP contribution in [0.1, 0.15) is 32.1 Å². The third-order valence-corrected chi connectivity index (χ3v) is 4.31. The van der Waals surface area contributed by atoms with E-state index < -0.39 is 33.6 Å². The van der Waals surface area contributed by atoms with Crippen molar-refractivity contribution in [2.24, 2.45) is 11.7 Å². The van der Waals surface area contributed by atoms with E-state index in [-0.39, 0.29) is 0 Å². The maximum absolute atomic E-state index is 11.9. The number of carbonyl (C=O) groups excluding carboxylic acids is 1. The highest BCUT2D eigenvalue weighted by molar-refractivity contribution is 7.87. The van der Waals surface area contributed by atoms with E-state index in [2.05, 4.69) is 4.18 Å². The fraction of sp³-hybridized carbons (Fsp3) is 0.889. The lowest BCUT2D eigenvalue weighted by atomic mass is 9.89. The van der Waals surface area contributed by atoms with Crippen molar-refractivity contribution in [2.45, 2.75) is 43.7 Å². The van der Waals surface area contributed by atoms with Gasteiger partial charge in [0.25, 0.3) is 0 Å². The molecule has 2 N–H and O–H groups in total. The van der Waals surface area contributed by atoms with Gasteiger partial charge in [-0.3, -0.25) is 0 Å². The van der Waals surface area contributed by atoms with Crippen LogP contribution in [0.2, 0.25) is 0 Å². The van der Waals surface area contributed by atoms with Crippen LogP contribution in [-0.2, 0) is 19.1 Å². The molecular weight excluding hydrogens is 275 g/mol. The molecule has 0 heterocycles. The highest BCUT2D eigenvalue weighted by Gasteiger charge is 2.45. The summed E-state index contributed by atoms with van der Waals surface area (Å²) in [4.78, 5) is 10.5. The second-order valence-corrected chi connectivity index (χ2v) is 5.92. The first kappa shape index (κ1) is 15.2. The van der Waals surface area contributed by atoms with E-state index in [0.29, 0.717) is 12.8 Å². The lowest BCUT2D eigenvalue weighted by Gasteiger charge is -2.26. The van der Waals surface area contributed by atoms with Gasteiger partial charge in [-0.05, 0) is 18.8 Å². The third kappa shape index (κ3) is 3.84. The maximum Gasteiger partial charge on any atom is 0.492 e. The first-order valence-corrected chi connectivity index (χ1v) is 6.92. The summed E-state index contributed by atoms with van der Waals surface area (Å²) in [7, 11) is -4.73. The summed E-state index contributed by atoms with van der Waals surface area (Å²) in [6, 6.07) is 0. The molecule has 1 aliphatic rings. The smallest absolute Gasteiger partial charge is 0.337 e. The summed E-state index contributed by atoms with van der Waals surface area (Å²) in [6.07, 6.45) is -1.87. The molecule has 9 heteroatoms. The van der Waals surface area contributed by atoms with Gasteiger partial charge in [0, 0.05) is 0 Å². The molecule has 0 aliphatic heterocycles. The summed E-state index contributed by atoms with van der Waals surface area (Å²) >= 11 is 0. The molecule has 0 aromatic carbocycles. The summed E-state index contributed by atoms with van der Waals surface area (Å²) in [5.41, 5.74) is 5.39. The van der Waals surface area contributed by atoms with Crippen LogP contribution in [-0.4, -0.2) is 25.9 Å². The van der Waals surface area contributed by atoms with Gasteiger partial charge in [-0.15, -0.1) is 0 Å². The highest BCUT2D eigenvalue weighted by atomic mass is 32.2. The Morgan fingerprint density at radius 1 is 1.22 bits per heavy atom. The van der Waals surface area contributed by atoms with Crippen LogP contribution in [0, 0.1) is 5.92 Å². The zero-order valence-electron chi connectivity index (χ0n) is 9.44. The van der Waals surface area contributed by atoms with E-state index in [1.54, 1.807) is 0 Å². The molecule has 1 fully saturated rings. The Morgan fingerprint density at radius 2 is 1.72 bits per heavy atom. The third-order valence-electron chi connectivity index (χ3n) is 2.87. The van der Waals surface area contributed by atoms with Gasteiger partial charge in [0.1, 0.15) is 5.37 Å². The van der Waals surface area contributed by atoms with Gasteiger partial charge in [-0.25, -0.2) is 4.79 Å².